The summed E-state index contributed by atoms with van der Waals surface area (Å²) in [6.45, 7) is 0. The minimum atomic E-state index is -4.88. The number of benzene rings is 1. The Kier molecular flexibility index (Phi) is 10.2. The van der Waals surface area contributed by atoms with Crippen LogP contribution in [0.2, 0.25) is 15.1 Å². The summed E-state index contributed by atoms with van der Waals surface area (Å²) in [4.78, 5) is 31.8. The van der Waals surface area contributed by atoms with Gasteiger partial charge in [0.2, 0.25) is 0 Å². The zero-order chi connectivity index (χ0) is 10.2. The van der Waals surface area contributed by atoms with Crippen molar-refractivity contribution < 1.29 is 73.8 Å². The summed E-state index contributed by atoms with van der Waals surface area (Å²) in [5.41, 5.74) is 0. The van der Waals surface area contributed by atoms with Crippen molar-refractivity contribution >= 4 is 48.1 Å². The van der Waals surface area contributed by atoms with Gasteiger partial charge in [-0.3, -0.25) is 0 Å². The average molecular weight is 305 g/mol. The van der Waals surface area contributed by atoms with Crippen molar-refractivity contribution in [3.05, 3.63) is 27.2 Å². The van der Waals surface area contributed by atoms with E-state index in [9.17, 15) is 14.7 Å². The largest absolute Gasteiger partial charge is 1.00 e. The molecule has 0 saturated heterocycles. The molecule has 72 valence electrons. The number of rotatable bonds is 1. The van der Waals surface area contributed by atoms with Gasteiger partial charge >= 0.3 is 59.1 Å². The standard InChI is InChI=1S/C6H4Cl3O3P.2Na/c7-3-1-5(9)6(2-4(3)8)13(10,11)12;;/h1-2H,(H2,10,11,12);;/q;2*+1/p-2. The van der Waals surface area contributed by atoms with Crippen LogP contribution in [0.25, 0.3) is 0 Å². The van der Waals surface area contributed by atoms with Crippen LogP contribution in [0.1, 0.15) is 0 Å². The smallest absolute Gasteiger partial charge is 0.683 e. The quantitative estimate of drug-likeness (QED) is 0.295. The molecule has 0 amide bonds. The molecule has 15 heavy (non-hydrogen) atoms. The molecule has 0 atom stereocenters. The van der Waals surface area contributed by atoms with Gasteiger partial charge in [0.1, 0.15) is 0 Å². The molecule has 3 nitrogen and oxygen atoms in total. The van der Waals surface area contributed by atoms with Gasteiger partial charge in [-0.15, -0.1) is 7.94 Å². The second-order valence-electron chi connectivity index (χ2n) is 2.22. The Balaban J connectivity index is 0. The monoisotopic (exact) mass is 304 g/mol. The first-order chi connectivity index (χ1) is 5.82. The zero-order valence-electron chi connectivity index (χ0n) is 7.96. The molecule has 9 heteroatoms. The van der Waals surface area contributed by atoms with Crippen LogP contribution >= 0.6 is 42.7 Å². The third-order valence-corrected chi connectivity index (χ3v) is 3.41. The van der Waals surface area contributed by atoms with E-state index in [1.54, 1.807) is 0 Å². The molecule has 0 saturated carbocycles. The maximum absolute atomic E-state index is 10.6. The maximum Gasteiger partial charge on any atom is 1.00 e. The molecule has 0 radical (unpaired) electrons. The van der Waals surface area contributed by atoms with Gasteiger partial charge in [-0.1, -0.05) is 34.8 Å². The fraction of sp³-hybridized carbons (Fsp3) is 0. The first kappa shape index (κ1) is 19.7. The molecule has 1 aromatic carbocycles. The second kappa shape index (κ2) is 7.75. The summed E-state index contributed by atoms with van der Waals surface area (Å²) in [7, 11) is -4.88. The van der Waals surface area contributed by atoms with Crippen molar-refractivity contribution in [3.63, 3.8) is 0 Å². The molecule has 0 aromatic heterocycles. The molecule has 0 heterocycles. The number of halogens is 3. The Morgan fingerprint density at radius 1 is 0.800 bits per heavy atom. The molecule has 0 aliphatic carbocycles. The second-order valence-corrected chi connectivity index (χ2v) is 4.91. The fourth-order valence-corrected chi connectivity index (χ4v) is 2.27. The summed E-state index contributed by atoms with van der Waals surface area (Å²) in [6, 6.07) is 2.05. The first-order valence-electron chi connectivity index (χ1n) is 2.99. The van der Waals surface area contributed by atoms with E-state index in [2.05, 4.69) is 0 Å². The van der Waals surface area contributed by atoms with Crippen molar-refractivity contribution in [2.45, 2.75) is 0 Å². The van der Waals surface area contributed by atoms with E-state index in [1.165, 1.54) is 0 Å². The van der Waals surface area contributed by atoms with Crippen molar-refractivity contribution in [2.75, 3.05) is 0 Å². The summed E-state index contributed by atoms with van der Waals surface area (Å²) >= 11 is 16.5. The van der Waals surface area contributed by atoms with Gasteiger partial charge in [-0.2, -0.15) is 0 Å². The Morgan fingerprint density at radius 2 is 1.20 bits per heavy atom. The minimum Gasteiger partial charge on any atom is -0.683 e. The molecule has 0 fully saturated rings. The molecular weight excluding hydrogens is 303 g/mol. The first-order valence-corrected chi connectivity index (χ1v) is 5.67. The van der Waals surface area contributed by atoms with E-state index in [1.807, 2.05) is 0 Å². The molecule has 0 aliphatic heterocycles. The molecule has 0 unspecified atom stereocenters. The molecule has 0 aliphatic rings. The van der Waals surface area contributed by atoms with E-state index >= 15 is 0 Å². The predicted molar refractivity (Wildman–Crippen MR) is 48.0 cm³/mol. The van der Waals surface area contributed by atoms with Gasteiger partial charge < -0.3 is 14.7 Å². The van der Waals surface area contributed by atoms with Gasteiger partial charge in [-0.25, -0.2) is 0 Å². The van der Waals surface area contributed by atoms with Crippen molar-refractivity contribution in [1.82, 2.24) is 0 Å². The fourth-order valence-electron chi connectivity index (χ4n) is 0.722. The minimum absolute atomic E-state index is 0. The van der Waals surface area contributed by atoms with Crippen LogP contribution in [0.5, 0.6) is 0 Å². The van der Waals surface area contributed by atoms with E-state index < -0.39 is 13.2 Å². The third kappa shape index (κ3) is 5.71. The van der Waals surface area contributed by atoms with Gasteiger partial charge in [0.25, 0.3) is 0 Å². The number of hydrogen-bond donors (Lipinski definition) is 0. The van der Waals surface area contributed by atoms with Crippen LogP contribution < -0.4 is 79.1 Å². The maximum atomic E-state index is 10.6. The van der Waals surface area contributed by atoms with Crippen LogP contribution in [-0.4, -0.2) is 0 Å². The Morgan fingerprint density at radius 3 is 1.60 bits per heavy atom. The number of hydrogen-bond acceptors (Lipinski definition) is 3. The summed E-state index contributed by atoms with van der Waals surface area (Å²) in [5.74, 6) is 0. The van der Waals surface area contributed by atoms with E-state index in [0.717, 1.165) is 12.1 Å². The zero-order valence-corrected chi connectivity index (χ0v) is 15.1. The molecule has 0 spiro atoms. The van der Waals surface area contributed by atoms with Crippen LogP contribution in [0.15, 0.2) is 12.1 Å². The normalized spacial score (nSPS) is 10.3. The summed E-state index contributed by atoms with van der Waals surface area (Å²) in [6.07, 6.45) is 0. The molecule has 1 aromatic rings. The topological polar surface area (TPSA) is 69.2 Å². The van der Waals surface area contributed by atoms with Gasteiger partial charge in [0.15, 0.2) is 0 Å². The van der Waals surface area contributed by atoms with Gasteiger partial charge in [0.05, 0.1) is 20.4 Å². The van der Waals surface area contributed by atoms with Gasteiger partial charge in [-0.05, 0) is 6.07 Å². The van der Waals surface area contributed by atoms with Crippen LogP contribution in [0.4, 0.5) is 0 Å². The molecule has 1 rings (SSSR count). The van der Waals surface area contributed by atoms with E-state index in [0.29, 0.717) is 0 Å². The van der Waals surface area contributed by atoms with Crippen molar-refractivity contribution in [3.8, 4) is 0 Å². The molecular formula is C6H2Cl3Na2O3P. The van der Waals surface area contributed by atoms with Gasteiger partial charge in [0, 0.05) is 6.07 Å². The van der Waals surface area contributed by atoms with Crippen LogP contribution in [-0.2, 0) is 0 Å². The van der Waals surface area contributed by atoms with E-state index in [4.69, 9.17) is 34.8 Å². The molecule has 0 N–H and O–H groups in total. The predicted octanol–water partition coefficient (Wildman–Crippen LogP) is -5.88. The van der Waals surface area contributed by atoms with Crippen molar-refractivity contribution in [1.29, 1.82) is 0 Å². The SMILES string of the molecule is [Na+].[Na+].[O-][P+]([O-])([O-])c1cc(Cl)c(Cl)cc1Cl. The summed E-state index contributed by atoms with van der Waals surface area (Å²) < 4.78 is 0. The van der Waals surface area contributed by atoms with Crippen LogP contribution in [0.3, 0.4) is 0 Å². The average Bonchev–Trinajstić information content (AvgIpc) is 1.94. The van der Waals surface area contributed by atoms with Crippen molar-refractivity contribution in [2.24, 2.45) is 0 Å². The third-order valence-electron chi connectivity index (χ3n) is 1.28. The van der Waals surface area contributed by atoms with Crippen LogP contribution in [0, 0.1) is 0 Å². The van der Waals surface area contributed by atoms with E-state index in [-0.39, 0.29) is 74.2 Å². The Bertz CT molecular complexity index is 345. The molecule has 0 bridgehead atoms. The Hall–Kier alpha value is 2.40. The Labute approximate surface area is 147 Å². The summed E-state index contributed by atoms with van der Waals surface area (Å²) in [5, 5.41) is -0.678.